The Bertz CT molecular complexity index is 4000. The van der Waals surface area contributed by atoms with Gasteiger partial charge in [-0.15, -0.1) is 0 Å². The molecule has 0 heterocycles. The average molecular weight is 2330 g/mol. The number of aromatic hydroxyl groups is 4. The first-order valence-corrected chi connectivity index (χ1v) is 78.5. The van der Waals surface area contributed by atoms with Gasteiger partial charge in [0.15, 0.2) is 0 Å². The molecular formula is C112H173Cl8N5O6Zr4. The Morgan fingerprint density at radius 2 is 0.644 bits per heavy atom. The maximum absolute atomic E-state index is 11.7. The number of aryl methyl sites for hydroxylation is 1. The van der Waals surface area contributed by atoms with E-state index in [4.69, 9.17) is 83.1 Å². The summed E-state index contributed by atoms with van der Waals surface area (Å²) in [7, 11) is 39.5. The van der Waals surface area contributed by atoms with Crippen LogP contribution in [0.4, 0.5) is 5.69 Å². The van der Waals surface area contributed by atoms with Gasteiger partial charge in [0.1, 0.15) is 23.0 Å². The van der Waals surface area contributed by atoms with Gasteiger partial charge in [-0.25, -0.2) is 0 Å². The number of para-hydroxylation sites is 1. The van der Waals surface area contributed by atoms with Gasteiger partial charge in [-0.1, -0.05) is 392 Å². The molecule has 9 unspecified atom stereocenters. The third-order valence-corrected chi connectivity index (χ3v) is 31.0. The van der Waals surface area contributed by atoms with Crippen LogP contribution in [-0.4, -0.2) is 74.4 Å². The van der Waals surface area contributed by atoms with Gasteiger partial charge in [0, 0.05) is 70.9 Å². The summed E-state index contributed by atoms with van der Waals surface area (Å²) in [5.74, 6) is 7.08. The van der Waals surface area contributed by atoms with E-state index in [-0.39, 0.29) is 28.3 Å². The molecule has 11 nitrogen and oxygen atoms in total. The first-order chi connectivity index (χ1) is 65.6. The zero-order valence-corrected chi connectivity index (χ0v) is 100. The van der Waals surface area contributed by atoms with Crippen molar-refractivity contribution in [1.82, 2.24) is 0 Å². The third kappa shape index (κ3) is 48.6. The molecule has 12 rings (SSSR count). The molecule has 7 aliphatic carbocycles. The van der Waals surface area contributed by atoms with Crippen molar-refractivity contribution < 1.29 is 109 Å². The molecule has 135 heavy (non-hydrogen) atoms. The van der Waals surface area contributed by atoms with Crippen molar-refractivity contribution in [2.45, 2.75) is 463 Å². The molecular weight excluding hydrogens is 2160 g/mol. The van der Waals surface area contributed by atoms with Gasteiger partial charge < -0.3 is 20.4 Å². The van der Waals surface area contributed by atoms with Gasteiger partial charge in [0.25, 0.3) is 5.69 Å². The van der Waals surface area contributed by atoms with Crippen LogP contribution in [0.2, 0.25) is 0 Å². The first kappa shape index (κ1) is 125. The van der Waals surface area contributed by atoms with Crippen molar-refractivity contribution in [2.75, 3.05) is 0 Å². The fourth-order valence-electron chi connectivity index (χ4n) is 21.8. The number of nitro groups is 1. The van der Waals surface area contributed by atoms with E-state index < -0.39 is 83.4 Å². The van der Waals surface area contributed by atoms with Crippen molar-refractivity contribution in [2.24, 2.45) is 55.5 Å². The van der Waals surface area contributed by atoms with Crippen LogP contribution in [0, 0.1) is 52.5 Å². The topological polar surface area (TPSA) is 174 Å². The second-order valence-corrected chi connectivity index (χ2v) is 55.2. The Hall–Kier alpha value is -0.768. The Kier molecular flexibility index (Phi) is 71.7. The van der Waals surface area contributed by atoms with Crippen LogP contribution in [0.1, 0.15) is 482 Å². The number of phenols is 4. The minimum absolute atomic E-state index is 0.0652. The van der Waals surface area contributed by atoms with Gasteiger partial charge in [-0.2, -0.15) is 0 Å². The zero-order valence-electron chi connectivity index (χ0n) is 84.2. The van der Waals surface area contributed by atoms with E-state index in [9.17, 15) is 30.5 Å². The van der Waals surface area contributed by atoms with Crippen molar-refractivity contribution in [3.63, 3.8) is 0 Å². The van der Waals surface area contributed by atoms with Crippen molar-refractivity contribution >= 4 is 98.6 Å². The minimum atomic E-state index is -0.826. The molecule has 0 amide bonds. The predicted octanol–water partition coefficient (Wildman–Crippen LogP) is 38.8. The molecule has 0 aliphatic heterocycles. The van der Waals surface area contributed by atoms with E-state index >= 15 is 0 Å². The summed E-state index contributed by atoms with van der Waals surface area (Å²) in [6.07, 6.45) is 77.6. The molecule has 0 spiro atoms. The standard InChI is InChI=1S/C33H47NO.C28H45NO.C27H42N2O3.C24H39NO.8ClH.4Zr/c1-25-16-15-21-32(26(25)2)34-24-31-29(27-17-13-10-14-18-27)22-23-30(33(31)35)28-19-11-8-6-4-3-5-7-9-12-20-28;1-21-14-13-17-27(23(21)3)29-20-26-22(2)18-19-25(28(26)30)24-15-11-9-7-5-4-6-8-10-12-16-24;1-20-13-12-16-26(21(20)2)28-19-23-17-24(29(31)32)18-25(27(23)30)22-14-10-8-6-4-3-5-7-9-11-15-22;1-3-22(4-2)25-19-21-17-14-18-23(24(21)26)20-15-12-10-8-6-5-7-9-11-13-16-20;;;;;;;;;;;;/h10,13-14,17-18,22-26,28,32,35H,3-9,11-12,15-16,19-21H2,1-2H3;18-21,23-24,27,30H,4-17H2,1-3H3;17-22,26,30H,3-16H2,1-2H3;14,17-20,22,26H,3-13,15-16H2,1-2H3;8*1H;;;;/q;;;;;;;;;;;;4*+2/p-8. The normalized spacial score (nSPS) is 23.3. The molecule has 9 atom stereocenters. The van der Waals surface area contributed by atoms with Crippen LogP contribution in [0.15, 0.2) is 105 Å². The number of nitrogens with zero attached hydrogens (tertiary/aromatic N) is 5. The summed E-state index contributed by atoms with van der Waals surface area (Å²) < 4.78 is 0. The van der Waals surface area contributed by atoms with E-state index in [1.54, 1.807) is 12.3 Å². The Morgan fingerprint density at radius 3 is 0.993 bits per heavy atom. The molecule has 0 saturated heterocycles. The van der Waals surface area contributed by atoms with E-state index in [1.807, 2.05) is 24.7 Å². The van der Waals surface area contributed by atoms with Crippen molar-refractivity contribution in [3.8, 4) is 34.1 Å². The summed E-state index contributed by atoms with van der Waals surface area (Å²) in [5.41, 5.74) is 11.0. The number of hydrogen-bond donors (Lipinski definition) is 4. The van der Waals surface area contributed by atoms with Crippen LogP contribution in [0.3, 0.4) is 0 Å². The number of benzene rings is 5. The number of rotatable bonds is 16. The molecule has 7 aliphatic rings. The molecule has 7 saturated carbocycles. The third-order valence-electron chi connectivity index (χ3n) is 31.0. The molecule has 4 N–H and O–H groups in total. The summed E-state index contributed by atoms with van der Waals surface area (Å²) in [4.78, 5) is 30.9. The van der Waals surface area contributed by atoms with Crippen LogP contribution in [0.25, 0.3) is 11.1 Å². The number of halogens is 8. The van der Waals surface area contributed by atoms with E-state index in [0.29, 0.717) is 82.4 Å². The number of nitro benzene ring substituents is 1. The molecule has 0 bridgehead atoms. The maximum atomic E-state index is 11.7. The molecule has 754 valence electrons. The number of phenolic OH excluding ortho intramolecular Hbond substituents is 4. The SMILES string of the molecule is CC1CCCC(N=Cc2c(-c3ccccc3)ccc(C3CCCCCCCCCCC3)c2O)C1C.CC1CCCC(N=Cc2cc([N+](=O)[O-])cc(C3CCCCCCCCCCC3)c2O)C1C.CCC(CC)N=Cc1cccc(C2CCCCCCCCCCC2)c1O.Cc1ccc(C2CCCCCCCCCCC2)c(O)c1C=NC1CCCC(C)C1C.[Cl][Zr][Cl].[Cl][Zr][Cl].[Cl][Zr][Cl].[Cl][Zr][Cl]. The Morgan fingerprint density at radius 1 is 0.341 bits per heavy atom. The fourth-order valence-corrected chi connectivity index (χ4v) is 21.8. The fraction of sp³-hybridized carbons (Fsp3) is 0.696. The van der Waals surface area contributed by atoms with Crippen LogP contribution in [0.5, 0.6) is 23.0 Å². The van der Waals surface area contributed by atoms with Crippen LogP contribution >= 0.6 is 68.1 Å². The Labute approximate surface area is 895 Å². The van der Waals surface area contributed by atoms with Crippen molar-refractivity contribution in [1.29, 1.82) is 0 Å². The van der Waals surface area contributed by atoms with E-state index in [0.717, 1.165) is 113 Å². The number of aliphatic imine (C=N–C) groups is 4. The van der Waals surface area contributed by atoms with Gasteiger partial charge in [-0.05, 0) is 189 Å². The van der Waals surface area contributed by atoms with E-state index in [1.165, 1.54) is 313 Å². The molecule has 5 aromatic carbocycles. The quantitative estimate of drug-likeness (QED) is 0.0435. The van der Waals surface area contributed by atoms with Gasteiger partial charge in [0.05, 0.1) is 23.0 Å². The van der Waals surface area contributed by atoms with Crippen LogP contribution in [-0.2, 0) is 83.4 Å². The average Bonchev–Trinajstić information content (AvgIpc) is 0.791. The summed E-state index contributed by atoms with van der Waals surface area (Å²) in [6.45, 7) is 20.4. The second kappa shape index (κ2) is 77.6. The van der Waals surface area contributed by atoms with Gasteiger partial charge in [-0.3, -0.25) is 30.1 Å². The molecule has 0 radical (unpaired) electrons. The Balaban J connectivity index is 0.000000307. The molecule has 0 aromatic heterocycles. The monoisotopic (exact) mass is 2320 g/mol. The van der Waals surface area contributed by atoms with E-state index in [2.05, 4.69) is 134 Å². The molecule has 7 fully saturated rings. The van der Waals surface area contributed by atoms with Crippen LogP contribution < -0.4 is 0 Å². The van der Waals surface area contributed by atoms with Gasteiger partial charge >= 0.3 is 151 Å². The first-order valence-electron chi connectivity index (χ1n) is 53.2. The van der Waals surface area contributed by atoms with Gasteiger partial charge in [0.2, 0.25) is 0 Å². The number of non-ortho nitro benzene ring substituents is 1. The summed E-state index contributed by atoms with van der Waals surface area (Å²) in [6, 6.07) is 30.1. The predicted molar refractivity (Wildman–Crippen MR) is 573 cm³/mol. The second-order valence-electron chi connectivity index (χ2n) is 40.3. The summed E-state index contributed by atoms with van der Waals surface area (Å²) in [5, 5.41) is 56.7. The summed E-state index contributed by atoms with van der Waals surface area (Å²) >= 11 is -3.30. The van der Waals surface area contributed by atoms with Crippen molar-refractivity contribution in [3.05, 3.63) is 145 Å². The zero-order chi connectivity index (χ0) is 98.2. The molecule has 5 aromatic rings. The number of hydrogen-bond acceptors (Lipinski definition) is 10. The molecule has 23 heteroatoms.